The predicted octanol–water partition coefficient (Wildman–Crippen LogP) is 1.33. The number of nitrogens with one attached hydrogen (secondary N) is 8. The topological polar surface area (TPSA) is 363 Å². The van der Waals surface area contributed by atoms with E-state index in [1.165, 1.54) is 24.0 Å². The minimum Gasteiger partial charge on any atom is -0.462 e. The summed E-state index contributed by atoms with van der Waals surface area (Å²) in [6.45, 7) is 0.773. The average Bonchev–Trinajstić information content (AvgIpc) is 3.52. The number of hydrogen-bond acceptors (Lipinski definition) is 16. The molecule has 2 heterocycles. The lowest BCUT2D eigenvalue weighted by Gasteiger charge is -2.30. The third kappa shape index (κ3) is 22.1. The van der Waals surface area contributed by atoms with E-state index in [1.54, 1.807) is 104 Å². The van der Waals surface area contributed by atoms with Crippen molar-refractivity contribution in [1.82, 2.24) is 46.8 Å². The Bertz CT molecular complexity index is 3210. The smallest absolute Gasteiger partial charge is 0.308 e. The monoisotopic (exact) mass is 1260 g/mol. The number of carbonyl (C=O) groups excluding carboxylic acids is 9. The molecule has 4 aromatic rings. The van der Waals surface area contributed by atoms with Gasteiger partial charge in [0.2, 0.25) is 53.2 Å². The highest BCUT2D eigenvalue weighted by Crippen LogP contribution is 2.22. The molecule has 2 saturated heterocycles. The molecule has 0 spiro atoms. The third-order valence-corrected chi connectivity index (χ3v) is 16.5. The lowest BCUT2D eigenvalue weighted by molar-refractivity contribution is -0.153. The predicted molar refractivity (Wildman–Crippen MR) is 328 cm³/mol. The molecule has 27 heteroatoms. The molecule has 1 saturated carbocycles. The zero-order chi connectivity index (χ0) is 64.4. The van der Waals surface area contributed by atoms with E-state index in [2.05, 4.69) is 46.9 Å². The van der Waals surface area contributed by atoms with Gasteiger partial charge in [-0.25, -0.2) is 13.1 Å². The van der Waals surface area contributed by atoms with Crippen LogP contribution in [-0.4, -0.2) is 160 Å². The Hall–Kier alpha value is -8.79. The van der Waals surface area contributed by atoms with Gasteiger partial charge in [0.15, 0.2) is 0 Å². The van der Waals surface area contributed by atoms with Gasteiger partial charge in [-0.3, -0.25) is 48.1 Å². The molecule has 3 fully saturated rings. The van der Waals surface area contributed by atoms with Crippen LogP contribution in [0.5, 0.6) is 0 Å². The van der Waals surface area contributed by atoms with Crippen LogP contribution < -0.4 is 47.7 Å². The molecule has 7 rings (SSSR count). The Morgan fingerprint density at radius 2 is 1.10 bits per heavy atom. The molecule has 3 aliphatic rings. The van der Waals surface area contributed by atoms with Crippen LogP contribution in [0.25, 0.3) is 0 Å². The number of aryl methyl sites for hydroxylation is 1. The number of aliphatic imine (C=N–C) groups is 1. The van der Waals surface area contributed by atoms with Gasteiger partial charge >= 0.3 is 5.97 Å². The van der Waals surface area contributed by atoms with Crippen LogP contribution in [0.4, 0.5) is 0 Å². The number of amides is 8. The fourth-order valence-electron chi connectivity index (χ4n) is 10.2. The van der Waals surface area contributed by atoms with Crippen LogP contribution in [0.1, 0.15) is 93.4 Å². The number of esters is 1. The lowest BCUT2D eigenvalue weighted by atomic mass is 9.98. The highest BCUT2D eigenvalue weighted by Gasteiger charge is 2.41. The Balaban J connectivity index is 1.20. The van der Waals surface area contributed by atoms with Crippen molar-refractivity contribution in [2.75, 3.05) is 39.5 Å². The minimum absolute atomic E-state index is 0.00207. The molecule has 7 atom stereocenters. The number of nitrogens with zero attached hydrogens (tertiary/aromatic N) is 2. The van der Waals surface area contributed by atoms with Crippen molar-refractivity contribution >= 4 is 69.2 Å². The second-order valence-electron chi connectivity index (χ2n) is 22.3. The van der Waals surface area contributed by atoms with Crippen LogP contribution in [0.15, 0.2) is 125 Å². The quantitative estimate of drug-likeness (QED) is 0.0246. The van der Waals surface area contributed by atoms with E-state index >= 15 is 0 Å². The molecule has 2 aliphatic heterocycles. The number of ether oxygens (including phenoxy) is 4. The molecule has 8 amide bonds. The van der Waals surface area contributed by atoms with E-state index in [0.717, 1.165) is 36.0 Å². The van der Waals surface area contributed by atoms with Gasteiger partial charge < -0.3 is 66.8 Å². The molecule has 10 N–H and O–H groups in total. The molecule has 0 aromatic heterocycles. The first-order chi connectivity index (χ1) is 43.3. The lowest BCUT2D eigenvalue weighted by Crippen LogP contribution is -2.61. The van der Waals surface area contributed by atoms with Gasteiger partial charge in [0.05, 0.1) is 57.5 Å². The first-order valence-electron chi connectivity index (χ1n) is 30.1. The average molecular weight is 1260 g/mol. The van der Waals surface area contributed by atoms with E-state index in [4.69, 9.17) is 24.7 Å². The highest BCUT2D eigenvalue weighted by atomic mass is 32.2. The van der Waals surface area contributed by atoms with E-state index in [9.17, 15) is 51.6 Å². The first-order valence-corrected chi connectivity index (χ1v) is 31.6. The Kier molecular flexibility index (Phi) is 26.6. The molecule has 1 aliphatic carbocycles. The molecule has 484 valence electrons. The maximum Gasteiger partial charge on any atom is 0.308 e. The number of sulfonamides is 1. The van der Waals surface area contributed by atoms with Crippen LogP contribution in [0.2, 0.25) is 0 Å². The van der Waals surface area contributed by atoms with E-state index in [-0.39, 0.29) is 57.1 Å². The Morgan fingerprint density at radius 3 is 1.67 bits per heavy atom. The number of rotatable bonds is 21. The number of nitrogens with two attached hydrogens (primary N) is 1. The first kappa shape index (κ1) is 68.7. The van der Waals surface area contributed by atoms with E-state index in [0.29, 0.717) is 24.8 Å². The van der Waals surface area contributed by atoms with Crippen molar-refractivity contribution in [2.24, 2.45) is 10.7 Å². The Labute approximate surface area is 523 Å². The number of carbonyl (C=O) groups is 9. The number of hydrogen-bond donors (Lipinski definition) is 9. The van der Waals surface area contributed by atoms with Gasteiger partial charge in [0.1, 0.15) is 48.4 Å². The zero-order valence-electron chi connectivity index (χ0n) is 50.5. The summed E-state index contributed by atoms with van der Waals surface area (Å²) in [6.07, 6.45) is 2.85. The molecule has 26 nitrogen and oxygen atoms in total. The molecule has 0 bridgehead atoms. The summed E-state index contributed by atoms with van der Waals surface area (Å²) in [5, 5.41) is 18.2. The molecule has 0 unspecified atom stereocenters. The van der Waals surface area contributed by atoms with Gasteiger partial charge in [-0.15, -0.1) is 0 Å². The fourth-order valence-corrected chi connectivity index (χ4v) is 11.1. The van der Waals surface area contributed by atoms with Gasteiger partial charge in [0.25, 0.3) is 10.0 Å². The van der Waals surface area contributed by atoms with E-state index in [1.807, 2.05) is 6.07 Å². The number of guanidine groups is 1. The summed E-state index contributed by atoms with van der Waals surface area (Å²) in [7, 11) is -4.14. The SMILES string of the molecule is Cc1ccc(S(=O)(=O)NC(N)=NCCC[C@@H]2NC(=O)[C@H](COCc3ccccc3)NC(=O)[C@H](COCc3ccccc3)NC(=O)[C@H](C)NC(=O)[C@@H]3CCCN3C(=O)[C@H](COCc3ccccc3)NC(=O)[C@H](CC(=O)OC3CCCCC3)NC(=O)CNC2=O)cc1. The van der Waals surface area contributed by atoms with Crippen molar-refractivity contribution in [2.45, 2.75) is 151 Å². The fraction of sp³-hybridized carbons (Fsp3) is 0.460. The molecule has 4 aromatic carbocycles. The second kappa shape index (κ2) is 34.8. The highest BCUT2D eigenvalue weighted by molar-refractivity contribution is 7.90. The maximum absolute atomic E-state index is 14.8. The van der Waals surface area contributed by atoms with Crippen molar-refractivity contribution in [3.63, 3.8) is 0 Å². The summed E-state index contributed by atoms with van der Waals surface area (Å²) in [5.74, 6) is -8.47. The van der Waals surface area contributed by atoms with Crippen molar-refractivity contribution in [3.05, 3.63) is 138 Å². The van der Waals surface area contributed by atoms with Crippen molar-refractivity contribution in [3.8, 4) is 0 Å². The van der Waals surface area contributed by atoms with Gasteiger partial charge in [0, 0.05) is 13.1 Å². The van der Waals surface area contributed by atoms with Gasteiger partial charge in [-0.2, -0.15) is 0 Å². The normalized spacial score (nSPS) is 22.5. The van der Waals surface area contributed by atoms with Crippen LogP contribution in [0.3, 0.4) is 0 Å². The summed E-state index contributed by atoms with van der Waals surface area (Å²) < 4.78 is 52.0. The molecular formula is C63H81N11O15S. The summed E-state index contributed by atoms with van der Waals surface area (Å²) >= 11 is 0. The van der Waals surface area contributed by atoms with Crippen molar-refractivity contribution in [1.29, 1.82) is 0 Å². The summed E-state index contributed by atoms with van der Waals surface area (Å²) in [5.41, 5.74) is 9.01. The zero-order valence-corrected chi connectivity index (χ0v) is 51.3. The minimum atomic E-state index is -4.14. The standard InChI is InChI=1S/C63H81N11O15S/c1-41-27-29-47(30-28-41)90(84,85)73-63(64)65-31-15-25-48-57(78)66-34-54(75)68-49(33-55(76)89-46-23-13-6-14-24-46)58(79)72-52(40-88-37-45-21-11-5-12-22-45)62(83)74-32-16-26-53(74)61(82)67-42(2)56(77)70-50(38-86-35-43-17-7-3-8-18-43)60(81)71-51(59(80)69-48)39-87-36-44-19-9-4-10-20-44/h3-5,7-12,17-22,27-30,42,46,48-53H,6,13-16,23-26,31-40H2,1-2H3,(H,66,78)(H,67,82)(H,68,75)(H,69,80)(H,70,77)(H,71,81)(H,72,79)(H3,64,65,73)/t42-,48-,49-,50-,51-,52-,53-/m0/s1. The van der Waals surface area contributed by atoms with E-state index < -0.39 is 150 Å². The van der Waals surface area contributed by atoms with Crippen LogP contribution >= 0.6 is 0 Å². The number of benzene rings is 4. The number of fused-ring (bicyclic) bond motifs is 1. The molecular weight excluding hydrogens is 1180 g/mol. The van der Waals surface area contributed by atoms with Crippen LogP contribution in [0, 0.1) is 6.92 Å². The van der Waals surface area contributed by atoms with Crippen molar-refractivity contribution < 1.29 is 70.5 Å². The molecule has 0 radical (unpaired) electrons. The largest absolute Gasteiger partial charge is 0.462 e. The van der Waals surface area contributed by atoms with Crippen LogP contribution in [-0.2, 0) is 91.9 Å². The summed E-state index contributed by atoms with van der Waals surface area (Å²) in [6, 6.07) is 22.5. The maximum atomic E-state index is 14.8. The third-order valence-electron chi connectivity index (χ3n) is 15.1. The summed E-state index contributed by atoms with van der Waals surface area (Å²) in [4.78, 5) is 134. The van der Waals surface area contributed by atoms with Gasteiger partial charge in [-0.05, 0) is 94.0 Å². The second-order valence-corrected chi connectivity index (χ2v) is 24.0. The van der Waals surface area contributed by atoms with Gasteiger partial charge in [-0.1, -0.05) is 115 Å². The Morgan fingerprint density at radius 1 is 0.589 bits per heavy atom. The molecule has 90 heavy (non-hydrogen) atoms.